The average molecular weight is 413 g/mol. The van der Waals surface area contributed by atoms with Crippen molar-refractivity contribution in [3.8, 4) is 0 Å². The van der Waals surface area contributed by atoms with Crippen molar-refractivity contribution < 1.29 is 18.9 Å². The molecule has 6 nitrogen and oxygen atoms in total. The Morgan fingerprint density at radius 2 is 1.59 bits per heavy atom. The molecule has 0 aromatic heterocycles. The van der Waals surface area contributed by atoms with Gasteiger partial charge in [0.25, 0.3) is 0 Å². The minimum absolute atomic E-state index is 0.0319. The molecular formula is C23H44N2O4. The molecule has 0 amide bonds. The van der Waals surface area contributed by atoms with Gasteiger partial charge in [0.2, 0.25) is 0 Å². The minimum atomic E-state index is -0.505. The summed E-state index contributed by atoms with van der Waals surface area (Å²) in [4.78, 5) is 0. The molecule has 2 N–H and O–H groups in total. The number of hydrogen-bond acceptors (Lipinski definition) is 6. The summed E-state index contributed by atoms with van der Waals surface area (Å²) in [6.45, 7) is 9.66. The second-order valence-electron chi connectivity index (χ2n) is 9.53. The Morgan fingerprint density at radius 3 is 2.24 bits per heavy atom. The van der Waals surface area contributed by atoms with Gasteiger partial charge in [-0.25, -0.2) is 0 Å². The summed E-state index contributed by atoms with van der Waals surface area (Å²) in [6.07, 6.45) is 12.7. The number of nitrogens with one attached hydrogen (secondary N) is 2. The largest absolute Gasteiger partial charge is 0.350 e. The molecule has 1 unspecified atom stereocenters. The molecule has 3 rings (SSSR count). The first-order valence-electron chi connectivity index (χ1n) is 12.1. The summed E-state index contributed by atoms with van der Waals surface area (Å²) < 4.78 is 23.5. The van der Waals surface area contributed by atoms with Crippen LogP contribution in [-0.2, 0) is 18.9 Å². The van der Waals surface area contributed by atoms with Gasteiger partial charge >= 0.3 is 0 Å². The summed E-state index contributed by atoms with van der Waals surface area (Å²) in [5, 5.41) is 7.11. The van der Waals surface area contributed by atoms with Gasteiger partial charge in [-0.05, 0) is 57.8 Å². The van der Waals surface area contributed by atoms with Crippen molar-refractivity contribution in [2.75, 3.05) is 26.3 Å². The summed E-state index contributed by atoms with van der Waals surface area (Å²) in [6, 6.07) is 0. The van der Waals surface area contributed by atoms with Crippen LogP contribution < -0.4 is 10.6 Å². The third-order valence-electron chi connectivity index (χ3n) is 6.63. The van der Waals surface area contributed by atoms with Crippen LogP contribution in [0.2, 0.25) is 0 Å². The van der Waals surface area contributed by atoms with E-state index in [1.807, 2.05) is 13.8 Å². The summed E-state index contributed by atoms with van der Waals surface area (Å²) in [5.74, 6) is 0.955. The minimum Gasteiger partial charge on any atom is -0.350 e. The van der Waals surface area contributed by atoms with Gasteiger partial charge in [0.1, 0.15) is 6.61 Å². The van der Waals surface area contributed by atoms with E-state index < -0.39 is 5.79 Å². The molecular weight excluding hydrogens is 368 g/mol. The number of hydrogen-bond donors (Lipinski definition) is 2. The average Bonchev–Trinajstić information content (AvgIpc) is 3.06. The van der Waals surface area contributed by atoms with Crippen LogP contribution in [0.4, 0.5) is 0 Å². The molecule has 1 atom stereocenters. The molecule has 1 saturated carbocycles. The maximum Gasteiger partial charge on any atom is 0.184 e. The highest BCUT2D eigenvalue weighted by Crippen LogP contribution is 2.34. The van der Waals surface area contributed by atoms with E-state index in [0.717, 1.165) is 38.5 Å². The van der Waals surface area contributed by atoms with Gasteiger partial charge in [-0.2, -0.15) is 0 Å². The van der Waals surface area contributed by atoms with Crippen molar-refractivity contribution in [2.45, 2.75) is 110 Å². The highest BCUT2D eigenvalue weighted by Gasteiger charge is 2.36. The lowest BCUT2D eigenvalue weighted by molar-refractivity contribution is -0.208. The van der Waals surface area contributed by atoms with Gasteiger partial charge in [-0.3, -0.25) is 10.6 Å². The number of rotatable bonds is 11. The van der Waals surface area contributed by atoms with Crippen molar-refractivity contribution in [2.24, 2.45) is 11.8 Å². The van der Waals surface area contributed by atoms with Crippen LogP contribution >= 0.6 is 0 Å². The standard InChI is InChI=1S/C23H44N2O4/c1-4-5-6-7-8-9-14-26-22-24-15-19(16-25-22)18-10-12-20(13-11-18)28-21-17-27-23(2,3)29-21/h18-22,24-25H,4-17H2,1-3H3. The molecule has 1 aliphatic carbocycles. The predicted molar refractivity (Wildman–Crippen MR) is 114 cm³/mol. The summed E-state index contributed by atoms with van der Waals surface area (Å²) >= 11 is 0. The van der Waals surface area contributed by atoms with Crippen LogP contribution in [-0.4, -0.2) is 50.8 Å². The normalized spacial score (nSPS) is 35.1. The molecule has 2 heterocycles. The molecule has 0 radical (unpaired) electrons. The van der Waals surface area contributed by atoms with Gasteiger partial charge in [-0.1, -0.05) is 39.0 Å². The van der Waals surface area contributed by atoms with Crippen molar-refractivity contribution in [3.05, 3.63) is 0 Å². The van der Waals surface area contributed by atoms with E-state index in [1.165, 1.54) is 51.4 Å². The van der Waals surface area contributed by atoms with Crippen molar-refractivity contribution in [3.63, 3.8) is 0 Å². The van der Waals surface area contributed by atoms with E-state index in [4.69, 9.17) is 18.9 Å². The van der Waals surface area contributed by atoms with Crippen LogP contribution in [0.15, 0.2) is 0 Å². The highest BCUT2D eigenvalue weighted by atomic mass is 16.8. The van der Waals surface area contributed by atoms with E-state index in [9.17, 15) is 0 Å². The van der Waals surface area contributed by atoms with Gasteiger partial charge in [0.05, 0.1) is 12.7 Å². The van der Waals surface area contributed by atoms with E-state index in [0.29, 0.717) is 18.6 Å². The van der Waals surface area contributed by atoms with Gasteiger partial charge in [-0.15, -0.1) is 0 Å². The molecule has 6 heteroatoms. The van der Waals surface area contributed by atoms with Crippen LogP contribution in [0.5, 0.6) is 0 Å². The van der Waals surface area contributed by atoms with Crippen molar-refractivity contribution in [1.29, 1.82) is 0 Å². The summed E-state index contributed by atoms with van der Waals surface area (Å²) in [7, 11) is 0. The molecule has 3 fully saturated rings. The van der Waals surface area contributed by atoms with E-state index in [1.54, 1.807) is 0 Å². The summed E-state index contributed by atoms with van der Waals surface area (Å²) in [5.41, 5.74) is 0. The predicted octanol–water partition coefficient (Wildman–Crippen LogP) is 4.14. The Balaban J connectivity index is 1.23. The molecule has 29 heavy (non-hydrogen) atoms. The maximum absolute atomic E-state index is 6.13. The number of ether oxygens (including phenoxy) is 4. The highest BCUT2D eigenvalue weighted by molar-refractivity contribution is 4.84. The van der Waals surface area contributed by atoms with Crippen molar-refractivity contribution >= 4 is 0 Å². The second-order valence-corrected chi connectivity index (χ2v) is 9.53. The second kappa shape index (κ2) is 12.0. The topological polar surface area (TPSA) is 61.0 Å². The fraction of sp³-hybridized carbons (Fsp3) is 1.00. The molecule has 170 valence electrons. The Hall–Kier alpha value is -0.240. The van der Waals surface area contributed by atoms with Crippen LogP contribution in [0, 0.1) is 11.8 Å². The molecule has 2 aliphatic heterocycles. The monoisotopic (exact) mass is 412 g/mol. The zero-order chi connectivity index (χ0) is 20.5. The lowest BCUT2D eigenvalue weighted by Crippen LogP contribution is -2.55. The first kappa shape index (κ1) is 23.4. The zero-order valence-electron chi connectivity index (χ0n) is 18.9. The van der Waals surface area contributed by atoms with Crippen LogP contribution in [0.1, 0.15) is 85.0 Å². The Labute approximate surface area is 177 Å². The Kier molecular flexibility index (Phi) is 9.66. The lowest BCUT2D eigenvalue weighted by atomic mass is 9.78. The van der Waals surface area contributed by atoms with Crippen LogP contribution in [0.3, 0.4) is 0 Å². The SMILES string of the molecule is CCCCCCCCOC1NCC(C2CCC(OC3COC(C)(C)O3)CC2)CN1. The van der Waals surface area contributed by atoms with Gasteiger partial charge in [0.15, 0.2) is 18.4 Å². The molecule has 0 aromatic carbocycles. The van der Waals surface area contributed by atoms with Gasteiger partial charge in [0, 0.05) is 13.1 Å². The molecule has 0 bridgehead atoms. The third kappa shape index (κ3) is 8.08. The smallest absolute Gasteiger partial charge is 0.184 e. The maximum atomic E-state index is 6.13. The zero-order valence-corrected chi connectivity index (χ0v) is 18.9. The van der Waals surface area contributed by atoms with Crippen molar-refractivity contribution in [1.82, 2.24) is 10.6 Å². The molecule has 0 aromatic rings. The quantitative estimate of drug-likeness (QED) is 0.497. The number of unbranched alkanes of at least 4 members (excludes halogenated alkanes) is 5. The fourth-order valence-electron chi connectivity index (χ4n) is 4.83. The van der Waals surface area contributed by atoms with Gasteiger partial charge < -0.3 is 18.9 Å². The van der Waals surface area contributed by atoms with Crippen LogP contribution in [0.25, 0.3) is 0 Å². The van der Waals surface area contributed by atoms with E-state index in [2.05, 4.69) is 17.6 Å². The van der Waals surface area contributed by atoms with E-state index in [-0.39, 0.29) is 12.6 Å². The Morgan fingerprint density at radius 1 is 0.897 bits per heavy atom. The molecule has 3 aliphatic rings. The fourth-order valence-corrected chi connectivity index (χ4v) is 4.83. The Bertz CT molecular complexity index is 446. The molecule has 2 saturated heterocycles. The first-order valence-corrected chi connectivity index (χ1v) is 12.1. The first-order chi connectivity index (χ1) is 14.1. The molecule has 0 spiro atoms. The van der Waals surface area contributed by atoms with E-state index >= 15 is 0 Å². The third-order valence-corrected chi connectivity index (χ3v) is 6.63. The lowest BCUT2D eigenvalue weighted by Gasteiger charge is -2.39.